The molecule has 58 heavy (non-hydrogen) atoms. The standard InChI is InChI=1S/C45H52N6O7/c1-30-27-31(28-46-29-40(53)35-15-18-39(52)44-36(35)16-19-42(55)49-44)14-17-37(30)47-41(54)13-8-23-50(2)43(56)22-26-51-24-20-33(21-25-51)58-45(57)48-38-12-7-6-11-34(38)32-9-4-3-5-10-32/h3-7,9-12,14-19,27,33,40,46,52-53H,8,13,20-26,28-29H2,1-2H3,(H,47,54)(H,48,57)(H,49,55). The van der Waals surface area contributed by atoms with Gasteiger partial charge in [0.1, 0.15) is 11.9 Å². The number of aliphatic hydroxyl groups excluding tert-OH is 1. The highest BCUT2D eigenvalue weighted by atomic mass is 16.6. The molecule has 1 aliphatic heterocycles. The number of piperidine rings is 1. The summed E-state index contributed by atoms with van der Waals surface area (Å²) in [4.78, 5) is 56.6. The maximum Gasteiger partial charge on any atom is 0.411 e. The lowest BCUT2D eigenvalue weighted by Gasteiger charge is -2.31. The average molecular weight is 789 g/mol. The second-order valence-corrected chi connectivity index (χ2v) is 14.8. The van der Waals surface area contributed by atoms with E-state index in [1.54, 1.807) is 24.1 Å². The number of nitrogens with zero attached hydrogens (tertiary/aromatic N) is 2. The molecule has 1 saturated heterocycles. The number of aromatic hydroxyl groups is 1. The summed E-state index contributed by atoms with van der Waals surface area (Å²) in [5.74, 6) is -0.161. The monoisotopic (exact) mass is 788 g/mol. The molecule has 1 aliphatic rings. The Labute approximate surface area is 338 Å². The van der Waals surface area contributed by atoms with E-state index in [1.807, 2.05) is 79.7 Å². The summed E-state index contributed by atoms with van der Waals surface area (Å²) in [6.07, 6.45) is 1.04. The molecule has 304 valence electrons. The first-order chi connectivity index (χ1) is 28.0. The largest absolute Gasteiger partial charge is 0.506 e. The van der Waals surface area contributed by atoms with Crippen molar-refractivity contribution in [3.05, 3.63) is 124 Å². The Hall–Kier alpha value is -6.02. The molecular formula is C45H52N6O7. The number of carbonyl (C=O) groups excluding carboxylic acids is 3. The summed E-state index contributed by atoms with van der Waals surface area (Å²) in [5, 5.41) is 30.7. The smallest absolute Gasteiger partial charge is 0.411 e. The van der Waals surface area contributed by atoms with Crippen molar-refractivity contribution < 1.29 is 29.3 Å². The van der Waals surface area contributed by atoms with E-state index in [0.717, 1.165) is 35.3 Å². The molecule has 2 heterocycles. The minimum atomic E-state index is -0.871. The number of anilines is 2. The van der Waals surface area contributed by atoms with E-state index in [9.17, 15) is 29.4 Å². The van der Waals surface area contributed by atoms with Gasteiger partial charge < -0.3 is 40.4 Å². The number of aliphatic hydroxyl groups is 1. The number of pyridine rings is 1. The molecule has 13 heteroatoms. The van der Waals surface area contributed by atoms with Crippen molar-refractivity contribution in [2.45, 2.75) is 57.8 Å². The quantitative estimate of drug-likeness (QED) is 0.0669. The summed E-state index contributed by atoms with van der Waals surface area (Å²) in [7, 11) is 1.76. The Morgan fingerprint density at radius 3 is 2.45 bits per heavy atom. The fourth-order valence-electron chi connectivity index (χ4n) is 7.25. The van der Waals surface area contributed by atoms with Crippen LogP contribution in [-0.2, 0) is 20.9 Å². The van der Waals surface area contributed by atoms with Crippen molar-refractivity contribution in [2.75, 3.05) is 50.4 Å². The number of phenols is 1. The topological polar surface area (TPSA) is 176 Å². The molecule has 1 fully saturated rings. The van der Waals surface area contributed by atoms with E-state index in [0.29, 0.717) is 67.6 Å². The van der Waals surface area contributed by atoms with Crippen molar-refractivity contribution in [1.29, 1.82) is 0 Å². The van der Waals surface area contributed by atoms with Gasteiger partial charge in [-0.3, -0.25) is 19.7 Å². The van der Waals surface area contributed by atoms with Crippen molar-refractivity contribution in [2.24, 2.45) is 0 Å². The molecule has 0 spiro atoms. The van der Waals surface area contributed by atoms with Gasteiger partial charge in [-0.05, 0) is 72.7 Å². The molecule has 1 aromatic heterocycles. The number of phenolic OH excluding ortho intramolecular Hbond substituents is 1. The van der Waals surface area contributed by atoms with Crippen molar-refractivity contribution in [3.8, 4) is 16.9 Å². The number of fused-ring (bicyclic) bond motifs is 1. The number of hydrogen-bond donors (Lipinski definition) is 6. The average Bonchev–Trinajstić information content (AvgIpc) is 3.22. The molecule has 13 nitrogen and oxygen atoms in total. The van der Waals surface area contributed by atoms with Gasteiger partial charge in [0.05, 0.1) is 17.3 Å². The predicted octanol–water partition coefficient (Wildman–Crippen LogP) is 6.31. The van der Waals surface area contributed by atoms with Crippen LogP contribution in [0.5, 0.6) is 5.75 Å². The normalized spacial score (nSPS) is 13.8. The van der Waals surface area contributed by atoms with E-state index in [4.69, 9.17) is 4.74 Å². The number of aromatic nitrogens is 1. The minimum Gasteiger partial charge on any atom is -0.506 e. The number of nitrogens with one attached hydrogen (secondary N) is 4. The van der Waals surface area contributed by atoms with Crippen LogP contribution in [0, 0.1) is 6.92 Å². The third kappa shape index (κ3) is 11.3. The second kappa shape index (κ2) is 19.9. The number of aromatic amines is 1. The summed E-state index contributed by atoms with van der Waals surface area (Å²) in [6, 6.07) is 29.3. The van der Waals surface area contributed by atoms with Gasteiger partial charge in [-0.2, -0.15) is 0 Å². The minimum absolute atomic E-state index is 0.0237. The zero-order chi connectivity index (χ0) is 41.0. The summed E-state index contributed by atoms with van der Waals surface area (Å²) < 4.78 is 5.75. The highest BCUT2D eigenvalue weighted by molar-refractivity contribution is 5.92. The van der Waals surface area contributed by atoms with E-state index >= 15 is 0 Å². The zero-order valence-corrected chi connectivity index (χ0v) is 33.0. The van der Waals surface area contributed by atoms with Gasteiger partial charge in [-0.15, -0.1) is 0 Å². The van der Waals surface area contributed by atoms with E-state index < -0.39 is 12.2 Å². The van der Waals surface area contributed by atoms with Crippen LogP contribution < -0.4 is 21.5 Å². The molecular weight excluding hydrogens is 737 g/mol. The van der Waals surface area contributed by atoms with E-state index in [1.165, 1.54) is 12.1 Å². The van der Waals surface area contributed by atoms with Crippen LogP contribution in [0.25, 0.3) is 22.0 Å². The van der Waals surface area contributed by atoms with Crippen LogP contribution in [0.2, 0.25) is 0 Å². The Bertz CT molecular complexity index is 2250. The number of likely N-dealkylation sites (tertiary alicyclic amines) is 1. The number of hydrogen-bond acceptors (Lipinski definition) is 9. The molecule has 5 aromatic rings. The van der Waals surface area contributed by atoms with Crippen molar-refractivity contribution in [1.82, 2.24) is 20.1 Å². The van der Waals surface area contributed by atoms with Gasteiger partial charge in [0, 0.05) is 81.9 Å². The van der Waals surface area contributed by atoms with Gasteiger partial charge in [-0.25, -0.2) is 4.79 Å². The molecule has 4 aromatic carbocycles. The number of carbonyl (C=O) groups is 3. The van der Waals surface area contributed by atoms with Crippen LogP contribution in [0.3, 0.4) is 0 Å². The first-order valence-corrected chi connectivity index (χ1v) is 19.8. The lowest BCUT2D eigenvalue weighted by atomic mass is 10.0. The Balaban J connectivity index is 0.847. The Morgan fingerprint density at radius 2 is 1.67 bits per heavy atom. The number of rotatable bonds is 16. The fraction of sp³-hybridized carbons (Fsp3) is 0.333. The zero-order valence-electron chi connectivity index (χ0n) is 33.0. The van der Waals surface area contributed by atoms with E-state index in [2.05, 4.69) is 25.8 Å². The summed E-state index contributed by atoms with van der Waals surface area (Å²) >= 11 is 0. The van der Waals surface area contributed by atoms with Crippen LogP contribution in [-0.4, -0.2) is 88.8 Å². The lowest BCUT2D eigenvalue weighted by molar-refractivity contribution is -0.130. The van der Waals surface area contributed by atoms with Gasteiger partial charge in [0.25, 0.3) is 0 Å². The SMILES string of the molecule is Cc1cc(CNCC(O)c2ccc(O)c3[nH]c(=O)ccc23)ccc1NC(=O)CCCN(C)C(=O)CCN1CCC(OC(=O)Nc2ccccc2-c2ccccc2)CC1. The van der Waals surface area contributed by atoms with Crippen LogP contribution >= 0.6 is 0 Å². The van der Waals surface area contributed by atoms with Crippen molar-refractivity contribution in [3.63, 3.8) is 0 Å². The molecule has 6 N–H and O–H groups in total. The molecule has 6 rings (SSSR count). The van der Waals surface area contributed by atoms with Crippen molar-refractivity contribution >= 4 is 40.2 Å². The first-order valence-electron chi connectivity index (χ1n) is 19.8. The second-order valence-electron chi connectivity index (χ2n) is 14.8. The molecule has 1 atom stereocenters. The van der Waals surface area contributed by atoms with Crippen LogP contribution in [0.15, 0.2) is 102 Å². The number of amides is 3. The number of benzene rings is 4. The highest BCUT2D eigenvalue weighted by Gasteiger charge is 2.24. The summed E-state index contributed by atoms with van der Waals surface area (Å²) in [5.41, 5.74) is 5.77. The number of H-pyrrole nitrogens is 1. The molecule has 0 radical (unpaired) electrons. The Kier molecular flexibility index (Phi) is 14.3. The van der Waals surface area contributed by atoms with Gasteiger partial charge in [0.15, 0.2) is 0 Å². The lowest BCUT2D eigenvalue weighted by Crippen LogP contribution is -2.40. The van der Waals surface area contributed by atoms with Gasteiger partial charge >= 0.3 is 6.09 Å². The molecule has 0 bridgehead atoms. The van der Waals surface area contributed by atoms with Crippen LogP contribution in [0.4, 0.5) is 16.2 Å². The number of aryl methyl sites for hydroxylation is 1. The first kappa shape index (κ1) is 41.6. The molecule has 0 saturated carbocycles. The summed E-state index contributed by atoms with van der Waals surface area (Å²) in [6.45, 7) is 5.21. The third-order valence-electron chi connectivity index (χ3n) is 10.5. The van der Waals surface area contributed by atoms with Gasteiger partial charge in [0.2, 0.25) is 17.4 Å². The van der Waals surface area contributed by atoms with Gasteiger partial charge in [-0.1, -0.05) is 66.7 Å². The van der Waals surface area contributed by atoms with E-state index in [-0.39, 0.29) is 47.7 Å². The fourth-order valence-corrected chi connectivity index (χ4v) is 7.25. The third-order valence-corrected chi connectivity index (χ3v) is 10.5. The molecule has 0 aliphatic carbocycles. The maximum absolute atomic E-state index is 12.9. The molecule has 3 amide bonds. The number of ether oxygens (including phenoxy) is 1. The molecule has 1 unspecified atom stereocenters. The highest BCUT2D eigenvalue weighted by Crippen LogP contribution is 2.30. The number of para-hydroxylation sites is 1. The Morgan fingerprint density at radius 1 is 0.914 bits per heavy atom. The maximum atomic E-state index is 12.9. The predicted molar refractivity (Wildman–Crippen MR) is 226 cm³/mol. The van der Waals surface area contributed by atoms with Crippen LogP contribution in [0.1, 0.15) is 54.9 Å².